The van der Waals surface area contributed by atoms with Crippen LogP contribution >= 0.6 is 0 Å². The molecule has 1 aromatic carbocycles. The monoisotopic (exact) mass is 464 g/mol. The minimum Gasteiger partial charge on any atom is -0.445 e. The van der Waals surface area contributed by atoms with Gasteiger partial charge in [0.05, 0.1) is 16.9 Å². The zero-order chi connectivity index (χ0) is 24.4. The third kappa shape index (κ3) is 5.66. The largest absolute Gasteiger partial charge is 0.445 e. The van der Waals surface area contributed by atoms with E-state index in [1.165, 1.54) is 12.1 Å². The van der Waals surface area contributed by atoms with Crippen LogP contribution in [0.2, 0.25) is 0 Å². The summed E-state index contributed by atoms with van der Waals surface area (Å²) in [4.78, 5) is 12.5. The van der Waals surface area contributed by atoms with Crippen LogP contribution in [0.4, 0.5) is 20.8 Å². The number of carbonyl (C=O) groups is 1. The van der Waals surface area contributed by atoms with Crippen LogP contribution in [0.25, 0.3) is 0 Å². The third-order valence-corrected chi connectivity index (χ3v) is 5.62. The summed E-state index contributed by atoms with van der Waals surface area (Å²) in [6, 6.07) is 3.81. The highest BCUT2D eigenvalue weighted by Gasteiger charge is 2.24. The van der Waals surface area contributed by atoms with Crippen LogP contribution in [0.1, 0.15) is 81.4 Å². The molecular weight excluding hydrogens is 435 g/mol. The van der Waals surface area contributed by atoms with Crippen LogP contribution in [0.15, 0.2) is 20.9 Å². The van der Waals surface area contributed by atoms with E-state index >= 15 is 0 Å². The molecule has 174 valence electrons. The summed E-state index contributed by atoms with van der Waals surface area (Å²) in [6.45, 7) is 12.0. The Labute approximate surface area is 189 Å². The molecule has 0 saturated carbocycles. The average molecular weight is 465 g/mol. The molecule has 2 rings (SSSR count). The molecule has 0 radical (unpaired) electrons. The second-order valence-electron chi connectivity index (χ2n) is 8.59. The van der Waals surface area contributed by atoms with Crippen LogP contribution in [-0.4, -0.2) is 15.3 Å². The first-order chi connectivity index (χ1) is 14.8. The molecule has 1 atom stereocenters. The molecule has 1 heterocycles. The number of carbonyl (C=O) groups excluding carboxylic acids is 1. The zero-order valence-electron chi connectivity index (χ0n) is 19.2. The molecule has 1 aromatic heterocycles. The molecule has 2 amide bonds. The predicted octanol–water partition coefficient (Wildman–Crippen LogP) is 5.30. The molecule has 0 bridgehead atoms. The Kier molecular flexibility index (Phi) is 7.70. The van der Waals surface area contributed by atoms with Crippen molar-refractivity contribution in [3.05, 3.63) is 46.0 Å². The lowest BCUT2D eigenvalue weighted by Crippen LogP contribution is -2.15. The lowest BCUT2D eigenvalue weighted by Gasteiger charge is -2.21. The van der Waals surface area contributed by atoms with Crippen molar-refractivity contribution in [3.8, 4) is 6.07 Å². The molecule has 10 heteroatoms. The maximum absolute atomic E-state index is 14.9. The molecule has 3 N–H and O–H groups in total. The van der Waals surface area contributed by atoms with E-state index < -0.39 is 28.2 Å². The van der Waals surface area contributed by atoms with Gasteiger partial charge in [-0.25, -0.2) is 13.4 Å². The van der Waals surface area contributed by atoms with Crippen LogP contribution in [-0.2, 0) is 16.4 Å². The summed E-state index contributed by atoms with van der Waals surface area (Å²) in [5.41, 5.74) is 0.237. The maximum atomic E-state index is 14.9. The molecule has 0 spiro atoms. The Bertz CT molecular complexity index is 1150. The minimum absolute atomic E-state index is 0.0902. The second-order valence-corrected chi connectivity index (χ2v) is 9.56. The average Bonchev–Trinajstić information content (AvgIpc) is 3.01. The van der Waals surface area contributed by atoms with Gasteiger partial charge in [0.15, 0.2) is 0 Å². The van der Waals surface area contributed by atoms with E-state index in [1.807, 2.05) is 19.9 Å². The summed E-state index contributed by atoms with van der Waals surface area (Å²) >= 11 is 0. The number of rotatable bonds is 6. The third-order valence-electron chi connectivity index (χ3n) is 4.85. The minimum atomic E-state index is -2.60. The van der Waals surface area contributed by atoms with Gasteiger partial charge in [-0.15, -0.1) is 4.36 Å². The van der Waals surface area contributed by atoms with Gasteiger partial charge in [0.1, 0.15) is 28.4 Å². The number of anilines is 2. The molecule has 8 nitrogen and oxygen atoms in total. The van der Waals surface area contributed by atoms with E-state index in [4.69, 9.17) is 4.42 Å². The summed E-state index contributed by atoms with van der Waals surface area (Å²) in [7, 11) is -2.60. The number of amides is 2. The molecular formula is C22H29FN4O4S. The van der Waals surface area contributed by atoms with Crippen LogP contribution < -0.4 is 10.0 Å². The summed E-state index contributed by atoms with van der Waals surface area (Å²) < 4.78 is 38.7. The van der Waals surface area contributed by atoms with Crippen molar-refractivity contribution in [3.63, 3.8) is 0 Å². The Balaban J connectivity index is 2.37. The first kappa shape index (κ1) is 25.4. The van der Waals surface area contributed by atoms with E-state index in [-0.39, 0.29) is 34.5 Å². The lowest BCUT2D eigenvalue weighted by atomic mass is 9.90. The van der Waals surface area contributed by atoms with Gasteiger partial charge < -0.3 is 14.8 Å². The van der Waals surface area contributed by atoms with Crippen LogP contribution in [0.5, 0.6) is 0 Å². The summed E-state index contributed by atoms with van der Waals surface area (Å²) in [5, 5.41) is 21.9. The van der Waals surface area contributed by atoms with Crippen molar-refractivity contribution in [2.45, 2.75) is 65.9 Å². The van der Waals surface area contributed by atoms with E-state index in [0.29, 0.717) is 16.9 Å². The highest BCUT2D eigenvalue weighted by molar-refractivity contribution is 7.76. The normalized spacial score (nSPS) is 12.8. The fraction of sp³-hybridized carbons (Fsp3) is 0.455. The van der Waals surface area contributed by atoms with Gasteiger partial charge in [-0.1, -0.05) is 27.7 Å². The van der Waals surface area contributed by atoms with Gasteiger partial charge in [-0.3, -0.25) is 4.72 Å². The summed E-state index contributed by atoms with van der Waals surface area (Å²) in [6.07, 6.45) is 0. The van der Waals surface area contributed by atoms with Gasteiger partial charge in [0.25, 0.3) is 0 Å². The maximum Gasteiger partial charge on any atom is 0.354 e. The first-order valence-corrected chi connectivity index (χ1v) is 11.3. The molecule has 0 aliphatic heterocycles. The summed E-state index contributed by atoms with van der Waals surface area (Å²) in [5.74, 6) is -0.616. The number of hydrogen-bond donors (Lipinski definition) is 4. The number of benzene rings is 1. The van der Waals surface area contributed by atoms with E-state index in [0.717, 1.165) is 0 Å². The second kappa shape index (κ2) is 9.71. The van der Waals surface area contributed by atoms with Gasteiger partial charge in [0, 0.05) is 17.2 Å². The molecule has 0 saturated heterocycles. The highest BCUT2D eigenvalue weighted by atomic mass is 32.2. The van der Waals surface area contributed by atoms with Gasteiger partial charge in [-0.2, -0.15) is 5.26 Å². The topological polar surface area (TPSA) is 128 Å². The molecule has 0 aliphatic carbocycles. The Morgan fingerprint density at radius 3 is 2.38 bits per heavy atom. The Morgan fingerprint density at radius 2 is 1.91 bits per heavy atom. The van der Waals surface area contributed by atoms with E-state index in [1.54, 1.807) is 34.6 Å². The molecule has 0 aliphatic rings. The van der Waals surface area contributed by atoms with Crippen molar-refractivity contribution in [2.75, 3.05) is 10.0 Å². The number of aliphatic hydroxyl groups is 1. The Morgan fingerprint density at radius 1 is 1.28 bits per heavy atom. The van der Waals surface area contributed by atoms with Crippen LogP contribution in [0, 0.1) is 24.1 Å². The fourth-order valence-electron chi connectivity index (χ4n) is 3.40. The number of hydrogen-bond acceptors (Lipinski definition) is 5. The van der Waals surface area contributed by atoms with Crippen molar-refractivity contribution >= 4 is 28.4 Å². The van der Waals surface area contributed by atoms with Gasteiger partial charge in [-0.05, 0) is 44.2 Å². The number of urea groups is 1. The fourth-order valence-corrected chi connectivity index (χ4v) is 3.96. The predicted molar refractivity (Wildman–Crippen MR) is 123 cm³/mol. The van der Waals surface area contributed by atoms with Crippen molar-refractivity contribution in [1.29, 1.82) is 5.26 Å². The Hall–Kier alpha value is -2.90. The molecule has 2 aromatic rings. The zero-order valence-corrected chi connectivity index (χ0v) is 20.1. The van der Waals surface area contributed by atoms with E-state index in [2.05, 4.69) is 14.4 Å². The quantitative estimate of drug-likeness (QED) is 0.432. The molecule has 1 unspecified atom stereocenters. The first-order valence-electron chi connectivity index (χ1n) is 10.1. The highest BCUT2D eigenvalue weighted by Crippen LogP contribution is 2.36. The number of nitriles is 1. The number of nitrogens with one attached hydrogen (secondary N) is 2. The van der Waals surface area contributed by atoms with Gasteiger partial charge >= 0.3 is 6.03 Å². The van der Waals surface area contributed by atoms with Crippen molar-refractivity contribution in [2.24, 2.45) is 4.36 Å². The van der Waals surface area contributed by atoms with E-state index in [9.17, 15) is 23.8 Å². The van der Waals surface area contributed by atoms with Crippen molar-refractivity contribution in [1.82, 2.24) is 0 Å². The number of nitrogens with zero attached hydrogens (tertiary/aromatic N) is 2. The van der Waals surface area contributed by atoms with Gasteiger partial charge in [0.2, 0.25) is 5.88 Å². The SMILES string of the molecule is Cc1oc(N/[SH](=O)=N\C(=O)Nc2c(C(C)C)cc(C#N)c(F)c2C(C)C)cc1C(C)(C)O. The molecule has 0 fully saturated rings. The number of halogens is 1. The number of aryl methyl sites for hydroxylation is 1. The smallest absolute Gasteiger partial charge is 0.354 e. The standard InChI is InChI=1S/C22H29FN4O4S/c1-11(2)15-8-14(10-24)19(23)18(12(3)4)20(15)25-21(28)27-32(30)26-17-9-16(13(5)31-17)22(6,7)29/h8-9,11-12,29,32H,1-7H3,(H2,25,26,27,28,30). The molecule has 32 heavy (non-hydrogen) atoms. The lowest BCUT2D eigenvalue weighted by molar-refractivity contribution is 0.0770. The van der Waals surface area contributed by atoms with Crippen LogP contribution in [0.3, 0.4) is 0 Å². The number of furan rings is 1. The van der Waals surface area contributed by atoms with Crippen molar-refractivity contribution < 1.29 is 22.9 Å². The number of thiol groups is 1.